The van der Waals surface area contributed by atoms with Crippen LogP contribution in [0.15, 0.2) is 24.3 Å². The van der Waals surface area contributed by atoms with Gasteiger partial charge in [-0.25, -0.2) is 0 Å². The van der Waals surface area contributed by atoms with Gasteiger partial charge in [0.05, 0.1) is 0 Å². The van der Waals surface area contributed by atoms with Crippen LogP contribution in [0.1, 0.15) is 24.8 Å². The zero-order valence-electron chi connectivity index (χ0n) is 13.7. The molecule has 12 heteroatoms. The third-order valence-corrected chi connectivity index (χ3v) is 4.89. The molecule has 0 saturated heterocycles. The first kappa shape index (κ1) is 23.6. The number of rotatable bonds is 9. The molecule has 0 aromatic heterocycles. The SMILES string of the molecule is O=C(CCCC(=O)OC(CS(=O)(=O)O)C(F)(F)F)OCc1ccccc1I. The number of carbonyl (C=O) groups is 2. The quantitative estimate of drug-likeness (QED) is 0.301. The van der Waals surface area contributed by atoms with Gasteiger partial charge >= 0.3 is 18.1 Å². The molecule has 1 N–H and O–H groups in total. The maximum atomic E-state index is 12.6. The minimum Gasteiger partial charge on any atom is -0.461 e. The van der Waals surface area contributed by atoms with Gasteiger partial charge in [-0.3, -0.25) is 14.1 Å². The first-order valence-electron chi connectivity index (χ1n) is 7.49. The number of ether oxygens (including phenoxy) is 2. The van der Waals surface area contributed by atoms with E-state index in [9.17, 15) is 31.2 Å². The molecule has 1 atom stereocenters. The Morgan fingerprint density at radius 1 is 1.15 bits per heavy atom. The molecular weight excluding hydrogens is 508 g/mol. The molecule has 27 heavy (non-hydrogen) atoms. The van der Waals surface area contributed by atoms with E-state index >= 15 is 0 Å². The lowest BCUT2D eigenvalue weighted by atomic mass is 10.2. The number of carbonyl (C=O) groups excluding carboxylic acids is 2. The highest BCUT2D eigenvalue weighted by Gasteiger charge is 2.45. The molecule has 0 aliphatic heterocycles. The molecule has 0 aliphatic rings. The van der Waals surface area contributed by atoms with Crippen LogP contribution in [-0.2, 0) is 35.8 Å². The van der Waals surface area contributed by atoms with Crippen LogP contribution in [0.5, 0.6) is 0 Å². The van der Waals surface area contributed by atoms with Gasteiger partial charge in [-0.1, -0.05) is 18.2 Å². The summed E-state index contributed by atoms with van der Waals surface area (Å²) in [7, 11) is -5.00. The van der Waals surface area contributed by atoms with Crippen molar-refractivity contribution in [3.63, 3.8) is 0 Å². The summed E-state index contributed by atoms with van der Waals surface area (Å²) >= 11 is 2.07. The van der Waals surface area contributed by atoms with Crippen molar-refractivity contribution in [1.82, 2.24) is 0 Å². The van der Waals surface area contributed by atoms with E-state index in [1.807, 2.05) is 12.1 Å². The van der Waals surface area contributed by atoms with Gasteiger partial charge in [-0.15, -0.1) is 0 Å². The van der Waals surface area contributed by atoms with Gasteiger partial charge in [-0.2, -0.15) is 21.6 Å². The van der Waals surface area contributed by atoms with Crippen LogP contribution < -0.4 is 0 Å². The zero-order valence-corrected chi connectivity index (χ0v) is 16.7. The van der Waals surface area contributed by atoms with Crippen molar-refractivity contribution in [1.29, 1.82) is 0 Å². The summed E-state index contributed by atoms with van der Waals surface area (Å²) in [6.07, 6.45) is -9.05. The van der Waals surface area contributed by atoms with Gasteiger partial charge in [0, 0.05) is 22.0 Å². The van der Waals surface area contributed by atoms with Crippen LogP contribution in [0, 0.1) is 3.57 Å². The summed E-state index contributed by atoms with van der Waals surface area (Å²) < 4.78 is 77.5. The number of hydrogen-bond donors (Lipinski definition) is 1. The van der Waals surface area contributed by atoms with Gasteiger partial charge in [0.15, 0.2) is 0 Å². The van der Waals surface area contributed by atoms with Crippen LogP contribution in [-0.4, -0.2) is 42.9 Å². The van der Waals surface area contributed by atoms with Crippen molar-refractivity contribution in [3.8, 4) is 0 Å². The minimum atomic E-state index is -5.16. The summed E-state index contributed by atoms with van der Waals surface area (Å²) in [6, 6.07) is 7.17. The summed E-state index contributed by atoms with van der Waals surface area (Å²) in [5, 5.41) is 0. The smallest absolute Gasteiger partial charge is 0.426 e. The van der Waals surface area contributed by atoms with E-state index in [1.165, 1.54) is 0 Å². The Morgan fingerprint density at radius 3 is 2.30 bits per heavy atom. The normalized spacial score (nSPS) is 13.1. The molecule has 1 rings (SSSR count). The molecule has 0 bridgehead atoms. The number of hydrogen-bond acceptors (Lipinski definition) is 6. The second-order valence-corrected chi connectivity index (χ2v) is 8.03. The maximum Gasteiger partial charge on any atom is 0.426 e. The molecule has 0 radical (unpaired) electrons. The molecule has 1 aromatic carbocycles. The van der Waals surface area contributed by atoms with Gasteiger partial charge in [0.2, 0.25) is 6.10 Å². The molecule has 0 fully saturated rings. The number of halogens is 4. The highest BCUT2D eigenvalue weighted by atomic mass is 127. The molecule has 0 heterocycles. The van der Waals surface area contributed by atoms with E-state index < -0.39 is 46.5 Å². The molecule has 1 aromatic rings. The van der Waals surface area contributed by atoms with E-state index in [2.05, 4.69) is 27.3 Å². The van der Waals surface area contributed by atoms with Crippen molar-refractivity contribution >= 4 is 44.6 Å². The van der Waals surface area contributed by atoms with Gasteiger partial charge in [0.1, 0.15) is 12.4 Å². The van der Waals surface area contributed by atoms with Gasteiger partial charge in [0.25, 0.3) is 10.1 Å². The second-order valence-electron chi connectivity index (χ2n) is 5.37. The number of alkyl halides is 3. The molecule has 7 nitrogen and oxygen atoms in total. The Morgan fingerprint density at radius 2 is 1.74 bits per heavy atom. The van der Waals surface area contributed by atoms with Gasteiger partial charge in [-0.05, 0) is 35.1 Å². The number of esters is 2. The predicted molar refractivity (Wildman–Crippen MR) is 95.2 cm³/mol. The van der Waals surface area contributed by atoms with E-state index in [4.69, 9.17) is 9.29 Å². The molecule has 0 amide bonds. The highest BCUT2D eigenvalue weighted by molar-refractivity contribution is 14.1. The van der Waals surface area contributed by atoms with Gasteiger partial charge < -0.3 is 9.47 Å². The lowest BCUT2D eigenvalue weighted by Gasteiger charge is -2.19. The Bertz CT molecular complexity index is 765. The average Bonchev–Trinajstić information content (AvgIpc) is 2.51. The molecule has 1 unspecified atom stereocenters. The van der Waals surface area contributed by atoms with Crippen molar-refractivity contribution in [2.24, 2.45) is 0 Å². The summed E-state index contributed by atoms with van der Waals surface area (Å²) in [5.41, 5.74) is 0.782. The standard InChI is InChI=1S/C15H16F3IO7S/c16-15(17,18)12(9-27(22,23)24)26-14(21)7-3-6-13(20)25-8-10-4-1-2-5-11(10)19/h1-2,4-5,12H,3,6-9H2,(H,22,23,24). The summed E-state index contributed by atoms with van der Waals surface area (Å²) in [5.74, 6) is -3.78. The Labute approximate surface area is 167 Å². The van der Waals surface area contributed by atoms with Crippen LogP contribution in [0.4, 0.5) is 13.2 Å². The summed E-state index contributed by atoms with van der Waals surface area (Å²) in [4.78, 5) is 23.0. The molecule has 0 spiro atoms. The Hall–Kier alpha value is -1.41. The molecule has 0 saturated carbocycles. The van der Waals surface area contributed by atoms with Crippen molar-refractivity contribution in [2.75, 3.05) is 5.75 Å². The Balaban J connectivity index is 2.40. The topological polar surface area (TPSA) is 107 Å². The van der Waals surface area contributed by atoms with Crippen molar-refractivity contribution < 1.29 is 45.2 Å². The second kappa shape index (κ2) is 10.2. The summed E-state index contributed by atoms with van der Waals surface area (Å²) in [6.45, 7) is 0.0207. The van der Waals surface area contributed by atoms with E-state index in [0.717, 1.165) is 9.13 Å². The largest absolute Gasteiger partial charge is 0.461 e. The molecule has 152 valence electrons. The fraction of sp³-hybridized carbons (Fsp3) is 0.467. The zero-order chi connectivity index (χ0) is 20.7. The van der Waals surface area contributed by atoms with E-state index in [1.54, 1.807) is 12.1 Å². The number of benzene rings is 1. The molecule has 0 aliphatic carbocycles. The van der Waals surface area contributed by atoms with Crippen LogP contribution in [0.25, 0.3) is 0 Å². The van der Waals surface area contributed by atoms with Crippen molar-refractivity contribution in [2.45, 2.75) is 38.1 Å². The third-order valence-electron chi connectivity index (χ3n) is 3.11. The lowest BCUT2D eigenvalue weighted by Crippen LogP contribution is -2.39. The lowest BCUT2D eigenvalue weighted by molar-refractivity contribution is -0.215. The fourth-order valence-electron chi connectivity index (χ4n) is 1.83. The first-order valence-corrected chi connectivity index (χ1v) is 10.2. The maximum absolute atomic E-state index is 12.6. The van der Waals surface area contributed by atoms with Crippen LogP contribution in [0.3, 0.4) is 0 Å². The van der Waals surface area contributed by atoms with Crippen LogP contribution >= 0.6 is 22.6 Å². The minimum absolute atomic E-state index is 0.0207. The average molecular weight is 524 g/mol. The monoisotopic (exact) mass is 524 g/mol. The fourth-order valence-corrected chi connectivity index (χ4v) is 3.01. The highest BCUT2D eigenvalue weighted by Crippen LogP contribution is 2.24. The van der Waals surface area contributed by atoms with Crippen molar-refractivity contribution in [3.05, 3.63) is 33.4 Å². The first-order chi connectivity index (χ1) is 12.4. The predicted octanol–water partition coefficient (Wildman–Crippen LogP) is 2.87. The van der Waals surface area contributed by atoms with E-state index in [0.29, 0.717) is 0 Å². The Kier molecular flexibility index (Phi) is 8.94. The van der Waals surface area contributed by atoms with E-state index in [-0.39, 0.29) is 19.4 Å². The molecular formula is C15H16F3IO7S. The third kappa shape index (κ3) is 9.91. The van der Waals surface area contributed by atoms with Crippen LogP contribution in [0.2, 0.25) is 0 Å².